The van der Waals surface area contributed by atoms with Gasteiger partial charge < -0.3 is 10.4 Å². The Morgan fingerprint density at radius 2 is 2.36 bits per heavy atom. The van der Waals surface area contributed by atoms with Gasteiger partial charge in [-0.3, -0.25) is 4.79 Å². The van der Waals surface area contributed by atoms with Crippen LogP contribution in [0.4, 0.5) is 4.39 Å². The lowest BCUT2D eigenvalue weighted by Crippen LogP contribution is -2.34. The highest BCUT2D eigenvalue weighted by Crippen LogP contribution is 2.03. The van der Waals surface area contributed by atoms with E-state index in [-0.39, 0.29) is 24.1 Å². The van der Waals surface area contributed by atoms with E-state index in [4.69, 9.17) is 5.11 Å². The number of aliphatic hydroxyl groups excluding tert-OH is 1. The minimum Gasteiger partial charge on any atom is -0.394 e. The van der Waals surface area contributed by atoms with Crippen LogP contribution in [0.5, 0.6) is 0 Å². The molecule has 0 aliphatic carbocycles. The van der Waals surface area contributed by atoms with E-state index in [9.17, 15) is 9.18 Å². The summed E-state index contributed by atoms with van der Waals surface area (Å²) < 4.78 is 12.7. The summed E-state index contributed by atoms with van der Waals surface area (Å²) in [4.78, 5) is 11.4. The van der Waals surface area contributed by atoms with Crippen molar-refractivity contribution in [1.82, 2.24) is 5.32 Å². The summed E-state index contributed by atoms with van der Waals surface area (Å²) in [6.45, 7) is 1.53. The largest absolute Gasteiger partial charge is 0.394 e. The number of hydrogen-bond donors (Lipinski definition) is 2. The molecular formula is C10H12FNO2. The number of carbonyl (C=O) groups is 1. The first-order chi connectivity index (χ1) is 6.63. The van der Waals surface area contributed by atoms with E-state index in [2.05, 4.69) is 5.32 Å². The Kier molecular flexibility index (Phi) is 3.59. The summed E-state index contributed by atoms with van der Waals surface area (Å²) in [5, 5.41) is 11.2. The third kappa shape index (κ3) is 2.81. The molecule has 0 bridgehead atoms. The highest BCUT2D eigenvalue weighted by molar-refractivity contribution is 5.94. The van der Waals surface area contributed by atoms with E-state index in [1.165, 1.54) is 18.2 Å². The van der Waals surface area contributed by atoms with Crippen LogP contribution in [0.25, 0.3) is 0 Å². The molecule has 0 fully saturated rings. The molecule has 1 amide bonds. The van der Waals surface area contributed by atoms with Crippen molar-refractivity contribution in [3.05, 3.63) is 35.6 Å². The molecule has 1 rings (SSSR count). The third-order valence-electron chi connectivity index (χ3n) is 1.74. The number of nitrogens with one attached hydrogen (secondary N) is 1. The van der Waals surface area contributed by atoms with Crippen molar-refractivity contribution in [2.24, 2.45) is 0 Å². The third-order valence-corrected chi connectivity index (χ3v) is 1.74. The van der Waals surface area contributed by atoms with E-state index in [1.54, 1.807) is 6.92 Å². The Morgan fingerprint density at radius 3 is 2.93 bits per heavy atom. The molecule has 4 heteroatoms. The number of amides is 1. The Hall–Kier alpha value is -1.42. The van der Waals surface area contributed by atoms with E-state index in [1.807, 2.05) is 0 Å². The standard InChI is InChI=1S/C10H12FNO2/c1-7(6-13)12-10(14)8-3-2-4-9(11)5-8/h2-5,7,13H,6H2,1H3,(H,12,14). The van der Waals surface area contributed by atoms with E-state index in [0.717, 1.165) is 6.07 Å². The van der Waals surface area contributed by atoms with E-state index >= 15 is 0 Å². The molecule has 76 valence electrons. The molecule has 14 heavy (non-hydrogen) atoms. The number of hydrogen-bond acceptors (Lipinski definition) is 2. The Morgan fingerprint density at radius 1 is 1.64 bits per heavy atom. The maximum Gasteiger partial charge on any atom is 0.251 e. The Balaban J connectivity index is 2.70. The normalized spacial score (nSPS) is 12.2. The summed E-state index contributed by atoms with van der Waals surface area (Å²) in [6, 6.07) is 5.08. The number of aliphatic hydroxyl groups is 1. The second-order valence-electron chi connectivity index (χ2n) is 3.07. The molecule has 0 aliphatic heterocycles. The zero-order valence-corrected chi connectivity index (χ0v) is 7.83. The summed E-state index contributed by atoms with van der Waals surface area (Å²) in [5.41, 5.74) is 0.255. The van der Waals surface area contributed by atoms with Crippen molar-refractivity contribution in [2.75, 3.05) is 6.61 Å². The number of benzene rings is 1. The van der Waals surface area contributed by atoms with Crippen LogP contribution in [0, 0.1) is 5.82 Å². The summed E-state index contributed by atoms with van der Waals surface area (Å²) in [7, 11) is 0. The minimum atomic E-state index is -0.450. The van der Waals surface area contributed by atoms with Crippen molar-refractivity contribution >= 4 is 5.91 Å². The molecule has 0 spiro atoms. The molecule has 1 aromatic carbocycles. The number of halogens is 1. The van der Waals surface area contributed by atoms with Crippen molar-refractivity contribution in [3.8, 4) is 0 Å². The molecule has 1 unspecified atom stereocenters. The van der Waals surface area contributed by atoms with Gasteiger partial charge in [0.2, 0.25) is 0 Å². The molecule has 0 radical (unpaired) electrons. The molecular weight excluding hydrogens is 185 g/mol. The van der Waals surface area contributed by atoms with Gasteiger partial charge in [0.25, 0.3) is 5.91 Å². The van der Waals surface area contributed by atoms with Gasteiger partial charge in [0.15, 0.2) is 0 Å². The van der Waals surface area contributed by atoms with Crippen LogP contribution < -0.4 is 5.32 Å². The fourth-order valence-corrected chi connectivity index (χ4v) is 0.982. The zero-order valence-electron chi connectivity index (χ0n) is 7.83. The second kappa shape index (κ2) is 4.72. The predicted octanol–water partition coefficient (Wildman–Crippen LogP) is 0.936. The summed E-state index contributed by atoms with van der Waals surface area (Å²) in [6.07, 6.45) is 0. The van der Waals surface area contributed by atoms with Crippen LogP contribution in [0.2, 0.25) is 0 Å². The van der Waals surface area contributed by atoms with Crippen molar-refractivity contribution in [3.63, 3.8) is 0 Å². The molecule has 0 heterocycles. The van der Waals surface area contributed by atoms with Crippen molar-refractivity contribution in [1.29, 1.82) is 0 Å². The zero-order chi connectivity index (χ0) is 10.6. The fraction of sp³-hybridized carbons (Fsp3) is 0.300. The molecule has 1 aromatic rings. The topological polar surface area (TPSA) is 49.3 Å². The molecule has 0 saturated carbocycles. The van der Waals surface area contributed by atoms with Gasteiger partial charge >= 0.3 is 0 Å². The van der Waals surface area contributed by atoms with Gasteiger partial charge in [-0.2, -0.15) is 0 Å². The predicted molar refractivity (Wildman–Crippen MR) is 50.4 cm³/mol. The monoisotopic (exact) mass is 197 g/mol. The van der Waals surface area contributed by atoms with Crippen molar-refractivity contribution in [2.45, 2.75) is 13.0 Å². The fourth-order valence-electron chi connectivity index (χ4n) is 0.982. The van der Waals surface area contributed by atoms with Gasteiger partial charge in [-0.15, -0.1) is 0 Å². The molecule has 2 N–H and O–H groups in total. The summed E-state index contributed by atoms with van der Waals surface area (Å²) >= 11 is 0. The quantitative estimate of drug-likeness (QED) is 0.757. The maximum absolute atomic E-state index is 12.7. The van der Waals surface area contributed by atoms with Crippen molar-refractivity contribution < 1.29 is 14.3 Å². The van der Waals surface area contributed by atoms with Crippen LogP contribution in [0.3, 0.4) is 0 Å². The van der Waals surface area contributed by atoms with Gasteiger partial charge in [-0.25, -0.2) is 4.39 Å². The molecule has 0 saturated heterocycles. The molecule has 3 nitrogen and oxygen atoms in total. The Bertz CT molecular complexity index is 328. The van der Waals surface area contributed by atoms with E-state index in [0.29, 0.717) is 0 Å². The van der Waals surface area contributed by atoms with Gasteiger partial charge in [-0.05, 0) is 25.1 Å². The maximum atomic E-state index is 12.7. The van der Waals surface area contributed by atoms with Crippen LogP contribution >= 0.6 is 0 Å². The molecule has 0 aromatic heterocycles. The smallest absolute Gasteiger partial charge is 0.251 e. The second-order valence-corrected chi connectivity index (χ2v) is 3.07. The van der Waals surface area contributed by atoms with Crippen LogP contribution in [0.15, 0.2) is 24.3 Å². The summed E-state index contributed by atoms with van der Waals surface area (Å²) in [5.74, 6) is -0.833. The Labute approximate surface area is 81.6 Å². The van der Waals surface area contributed by atoms with Crippen LogP contribution in [-0.4, -0.2) is 23.7 Å². The highest BCUT2D eigenvalue weighted by atomic mass is 19.1. The average molecular weight is 197 g/mol. The van der Waals surface area contributed by atoms with Gasteiger partial charge in [0.05, 0.1) is 6.61 Å². The SMILES string of the molecule is CC(CO)NC(=O)c1cccc(F)c1. The van der Waals surface area contributed by atoms with Crippen LogP contribution in [0.1, 0.15) is 17.3 Å². The highest BCUT2D eigenvalue weighted by Gasteiger charge is 2.08. The first-order valence-corrected chi connectivity index (χ1v) is 4.30. The average Bonchev–Trinajstić information content (AvgIpc) is 2.17. The first-order valence-electron chi connectivity index (χ1n) is 4.30. The molecule has 1 atom stereocenters. The lowest BCUT2D eigenvalue weighted by Gasteiger charge is -2.10. The van der Waals surface area contributed by atoms with Gasteiger partial charge in [-0.1, -0.05) is 6.07 Å². The number of rotatable bonds is 3. The van der Waals surface area contributed by atoms with E-state index < -0.39 is 5.82 Å². The first kappa shape index (κ1) is 10.7. The number of carbonyl (C=O) groups excluding carboxylic acids is 1. The lowest BCUT2D eigenvalue weighted by atomic mass is 10.2. The minimum absolute atomic E-state index is 0.138. The lowest BCUT2D eigenvalue weighted by molar-refractivity contribution is 0.0922. The van der Waals surface area contributed by atoms with Crippen LogP contribution in [-0.2, 0) is 0 Å². The van der Waals surface area contributed by atoms with Gasteiger partial charge in [0, 0.05) is 11.6 Å². The van der Waals surface area contributed by atoms with Gasteiger partial charge in [0.1, 0.15) is 5.82 Å². The molecule has 0 aliphatic rings.